The molecule has 0 aliphatic carbocycles. The fourth-order valence-corrected chi connectivity index (χ4v) is 2.51. The van der Waals surface area contributed by atoms with Crippen LogP contribution in [0.4, 0.5) is 0 Å². The molecule has 2 aromatic carbocycles. The van der Waals surface area contributed by atoms with E-state index in [4.69, 9.17) is 23.8 Å². The van der Waals surface area contributed by atoms with Crippen LogP contribution in [0.3, 0.4) is 0 Å². The average molecular weight is 384 g/mol. The first-order chi connectivity index (χ1) is 10.1. The van der Waals surface area contributed by atoms with Gasteiger partial charge in [-0.1, -0.05) is 41.9 Å². The van der Waals surface area contributed by atoms with Crippen molar-refractivity contribution >= 4 is 50.8 Å². The Kier molecular flexibility index (Phi) is 5.73. The minimum atomic E-state index is -0.265. The molecule has 0 fully saturated rings. The molecule has 0 heterocycles. The Hall–Kier alpha value is -1.43. The van der Waals surface area contributed by atoms with Crippen molar-refractivity contribution in [3.8, 4) is 0 Å². The number of thiocarbonyl (C=S) groups is 1. The SMILES string of the molecule is O=C(NC(=S)NCc1ccccc1Cl)c1ccccc1Br. The van der Waals surface area contributed by atoms with E-state index in [1.807, 2.05) is 24.3 Å². The zero-order valence-corrected chi connectivity index (χ0v) is 14.1. The first kappa shape index (κ1) is 15.9. The maximum absolute atomic E-state index is 12.1. The number of hydrogen-bond acceptors (Lipinski definition) is 2. The van der Waals surface area contributed by atoms with Gasteiger partial charge in [0.05, 0.1) is 5.56 Å². The summed E-state index contributed by atoms with van der Waals surface area (Å²) in [5, 5.41) is 6.51. The standard InChI is InChI=1S/C15H12BrClN2OS/c16-12-7-3-2-6-11(12)14(20)19-15(21)18-9-10-5-1-4-8-13(10)17/h1-8H,9H2,(H2,18,19,20,21). The van der Waals surface area contributed by atoms with Gasteiger partial charge in [-0.25, -0.2) is 0 Å². The smallest absolute Gasteiger partial charge is 0.258 e. The highest BCUT2D eigenvalue weighted by Crippen LogP contribution is 2.16. The third kappa shape index (κ3) is 4.52. The van der Waals surface area contributed by atoms with E-state index in [1.165, 1.54) is 0 Å². The zero-order chi connectivity index (χ0) is 15.2. The van der Waals surface area contributed by atoms with E-state index in [9.17, 15) is 4.79 Å². The summed E-state index contributed by atoms with van der Waals surface area (Å²) in [4.78, 5) is 12.1. The van der Waals surface area contributed by atoms with Gasteiger partial charge in [-0.05, 0) is 51.9 Å². The average Bonchev–Trinajstić information content (AvgIpc) is 2.46. The van der Waals surface area contributed by atoms with Gasteiger partial charge in [0.2, 0.25) is 0 Å². The van der Waals surface area contributed by atoms with Crippen LogP contribution >= 0.6 is 39.7 Å². The van der Waals surface area contributed by atoms with Gasteiger partial charge in [0.1, 0.15) is 0 Å². The fourth-order valence-electron chi connectivity index (χ4n) is 1.68. The van der Waals surface area contributed by atoms with Crippen LogP contribution in [0.1, 0.15) is 15.9 Å². The molecule has 0 unspecified atom stereocenters. The van der Waals surface area contributed by atoms with Crippen molar-refractivity contribution in [1.29, 1.82) is 0 Å². The molecule has 2 rings (SSSR count). The van der Waals surface area contributed by atoms with Crippen LogP contribution < -0.4 is 10.6 Å². The summed E-state index contributed by atoms with van der Waals surface area (Å²) < 4.78 is 0.719. The summed E-state index contributed by atoms with van der Waals surface area (Å²) in [5.74, 6) is -0.265. The van der Waals surface area contributed by atoms with Crippen molar-refractivity contribution in [2.24, 2.45) is 0 Å². The largest absolute Gasteiger partial charge is 0.358 e. The van der Waals surface area contributed by atoms with Crippen molar-refractivity contribution in [2.45, 2.75) is 6.54 Å². The number of hydrogen-bond donors (Lipinski definition) is 2. The number of rotatable bonds is 3. The maximum Gasteiger partial charge on any atom is 0.258 e. The summed E-state index contributed by atoms with van der Waals surface area (Å²) in [7, 11) is 0. The topological polar surface area (TPSA) is 41.1 Å². The first-order valence-corrected chi connectivity index (χ1v) is 7.73. The number of benzene rings is 2. The normalized spacial score (nSPS) is 10.0. The molecule has 1 amide bonds. The summed E-state index contributed by atoms with van der Waals surface area (Å²) in [5.41, 5.74) is 1.44. The molecule has 0 aliphatic rings. The van der Waals surface area contributed by atoms with E-state index in [0.29, 0.717) is 17.1 Å². The van der Waals surface area contributed by atoms with Gasteiger partial charge in [-0.2, -0.15) is 0 Å². The Balaban J connectivity index is 1.92. The lowest BCUT2D eigenvalue weighted by Gasteiger charge is -2.11. The Morgan fingerprint density at radius 3 is 2.52 bits per heavy atom. The molecule has 2 aromatic rings. The predicted octanol–water partition coefficient (Wildman–Crippen LogP) is 3.91. The second-order valence-corrected chi connectivity index (χ2v) is 5.88. The summed E-state index contributed by atoms with van der Waals surface area (Å²) in [6, 6.07) is 14.6. The molecule has 108 valence electrons. The summed E-state index contributed by atoms with van der Waals surface area (Å²) >= 11 is 14.5. The number of nitrogens with one attached hydrogen (secondary N) is 2. The molecular weight excluding hydrogens is 372 g/mol. The number of amides is 1. The van der Waals surface area contributed by atoms with Crippen LogP contribution in [0.2, 0.25) is 5.02 Å². The maximum atomic E-state index is 12.1. The van der Waals surface area contributed by atoms with Crippen molar-refractivity contribution in [2.75, 3.05) is 0 Å². The molecule has 6 heteroatoms. The first-order valence-electron chi connectivity index (χ1n) is 6.15. The second kappa shape index (κ2) is 7.54. The highest BCUT2D eigenvalue weighted by Gasteiger charge is 2.10. The molecular formula is C15H12BrClN2OS. The molecule has 0 aliphatic heterocycles. The van der Waals surface area contributed by atoms with E-state index in [1.54, 1.807) is 24.3 Å². The highest BCUT2D eigenvalue weighted by molar-refractivity contribution is 9.10. The lowest BCUT2D eigenvalue weighted by molar-refractivity contribution is 0.0976. The van der Waals surface area contributed by atoms with Crippen molar-refractivity contribution < 1.29 is 4.79 Å². The minimum absolute atomic E-state index is 0.260. The molecule has 2 N–H and O–H groups in total. The molecule has 0 saturated heterocycles. The van der Waals surface area contributed by atoms with Crippen LogP contribution in [-0.4, -0.2) is 11.0 Å². The second-order valence-electron chi connectivity index (χ2n) is 4.21. The van der Waals surface area contributed by atoms with E-state index in [2.05, 4.69) is 26.6 Å². The molecule has 0 spiro atoms. The summed E-state index contributed by atoms with van der Waals surface area (Å²) in [6.07, 6.45) is 0. The van der Waals surface area contributed by atoms with E-state index in [-0.39, 0.29) is 11.0 Å². The van der Waals surface area contributed by atoms with Crippen molar-refractivity contribution in [3.05, 3.63) is 69.2 Å². The fraction of sp³-hybridized carbons (Fsp3) is 0.0667. The Bertz CT molecular complexity index is 678. The van der Waals surface area contributed by atoms with Crippen molar-refractivity contribution in [3.63, 3.8) is 0 Å². The van der Waals surface area contributed by atoms with Crippen LogP contribution in [0.25, 0.3) is 0 Å². The van der Waals surface area contributed by atoms with E-state index >= 15 is 0 Å². The van der Waals surface area contributed by atoms with Crippen LogP contribution in [-0.2, 0) is 6.54 Å². The molecule has 0 saturated carbocycles. The lowest BCUT2D eigenvalue weighted by atomic mass is 10.2. The van der Waals surface area contributed by atoms with Gasteiger partial charge in [-0.3, -0.25) is 10.1 Å². The van der Waals surface area contributed by atoms with Crippen LogP contribution in [0.5, 0.6) is 0 Å². The molecule has 0 aromatic heterocycles. The number of carbonyl (C=O) groups excluding carboxylic acids is 1. The van der Waals surface area contributed by atoms with E-state index < -0.39 is 0 Å². The molecule has 3 nitrogen and oxygen atoms in total. The number of carbonyl (C=O) groups is 1. The zero-order valence-electron chi connectivity index (χ0n) is 10.9. The summed E-state index contributed by atoms with van der Waals surface area (Å²) in [6.45, 7) is 0.453. The monoisotopic (exact) mass is 382 g/mol. The Morgan fingerprint density at radius 2 is 1.81 bits per heavy atom. The third-order valence-corrected chi connectivity index (χ3v) is 4.05. The third-order valence-electron chi connectivity index (χ3n) is 2.74. The molecule has 0 atom stereocenters. The van der Waals surface area contributed by atoms with Crippen molar-refractivity contribution in [1.82, 2.24) is 10.6 Å². The minimum Gasteiger partial charge on any atom is -0.358 e. The van der Waals surface area contributed by atoms with Crippen LogP contribution in [0.15, 0.2) is 53.0 Å². The van der Waals surface area contributed by atoms with Gasteiger partial charge in [0.15, 0.2) is 5.11 Å². The molecule has 0 radical (unpaired) electrons. The van der Waals surface area contributed by atoms with Gasteiger partial charge in [0.25, 0.3) is 5.91 Å². The Morgan fingerprint density at radius 1 is 1.14 bits per heavy atom. The van der Waals surface area contributed by atoms with Gasteiger partial charge < -0.3 is 5.32 Å². The van der Waals surface area contributed by atoms with Gasteiger partial charge in [0, 0.05) is 16.0 Å². The van der Waals surface area contributed by atoms with E-state index in [0.717, 1.165) is 10.0 Å². The van der Waals surface area contributed by atoms with Gasteiger partial charge in [-0.15, -0.1) is 0 Å². The van der Waals surface area contributed by atoms with Crippen LogP contribution in [0, 0.1) is 0 Å². The Labute approximate surface area is 141 Å². The molecule has 0 bridgehead atoms. The number of halogens is 2. The molecule has 21 heavy (non-hydrogen) atoms. The predicted molar refractivity (Wildman–Crippen MR) is 92.5 cm³/mol. The lowest BCUT2D eigenvalue weighted by Crippen LogP contribution is -2.39. The highest BCUT2D eigenvalue weighted by atomic mass is 79.9. The quantitative estimate of drug-likeness (QED) is 0.790. The van der Waals surface area contributed by atoms with Gasteiger partial charge >= 0.3 is 0 Å².